The van der Waals surface area contributed by atoms with Crippen LogP contribution in [0.5, 0.6) is 23.0 Å². The summed E-state index contributed by atoms with van der Waals surface area (Å²) in [5.41, 5.74) is 4.10. The molecule has 3 rings (SSSR count). The Bertz CT molecular complexity index is 1070. The van der Waals surface area contributed by atoms with E-state index in [0.29, 0.717) is 35.1 Å². The molecule has 32 heavy (non-hydrogen) atoms. The van der Waals surface area contributed by atoms with Crippen LogP contribution in [0, 0.1) is 13.8 Å². The molecule has 0 saturated carbocycles. The number of nitrogens with one attached hydrogen (secondary N) is 1. The smallest absolute Gasteiger partial charge is 0.255 e. The molecular weight excluding hydrogens is 406 g/mol. The fourth-order valence-electron chi connectivity index (χ4n) is 3.40. The van der Waals surface area contributed by atoms with Gasteiger partial charge in [-0.15, -0.1) is 0 Å². The number of anilines is 1. The van der Waals surface area contributed by atoms with E-state index in [0.717, 1.165) is 22.4 Å². The second-order valence-corrected chi connectivity index (χ2v) is 7.39. The summed E-state index contributed by atoms with van der Waals surface area (Å²) in [5.74, 6) is 2.37. The van der Waals surface area contributed by atoms with E-state index in [1.54, 1.807) is 50.6 Å². The van der Waals surface area contributed by atoms with Crippen LogP contribution in [0.3, 0.4) is 0 Å². The molecule has 0 aliphatic carbocycles. The van der Waals surface area contributed by atoms with Crippen molar-refractivity contribution < 1.29 is 23.7 Å². The molecule has 0 aliphatic rings. The van der Waals surface area contributed by atoms with Gasteiger partial charge in [0.15, 0.2) is 0 Å². The lowest BCUT2D eigenvalue weighted by Crippen LogP contribution is -2.14. The number of aryl methyl sites for hydroxylation is 2. The maximum Gasteiger partial charge on any atom is 0.255 e. The third kappa shape index (κ3) is 5.72. The van der Waals surface area contributed by atoms with E-state index in [1.165, 1.54) is 0 Å². The topological polar surface area (TPSA) is 66.0 Å². The maximum absolute atomic E-state index is 12.9. The van der Waals surface area contributed by atoms with Crippen LogP contribution >= 0.6 is 0 Å². The molecule has 3 aromatic carbocycles. The number of rotatable bonds is 9. The molecule has 6 nitrogen and oxygen atoms in total. The minimum absolute atomic E-state index is 0.260. The molecule has 0 unspecified atom stereocenters. The van der Waals surface area contributed by atoms with Crippen LogP contribution in [-0.4, -0.2) is 26.7 Å². The van der Waals surface area contributed by atoms with Crippen molar-refractivity contribution in [1.29, 1.82) is 0 Å². The van der Waals surface area contributed by atoms with Gasteiger partial charge in [-0.05, 0) is 74.4 Å². The van der Waals surface area contributed by atoms with Crippen LogP contribution in [0.4, 0.5) is 5.69 Å². The molecule has 0 saturated heterocycles. The SMILES string of the molecule is CCOc1ccc(C(=O)Nc2ccc(OC)cc2OC)cc1COc1cc(C)cc(C)c1. The van der Waals surface area contributed by atoms with E-state index in [2.05, 4.69) is 11.4 Å². The zero-order valence-corrected chi connectivity index (χ0v) is 19.2. The first-order chi connectivity index (χ1) is 15.4. The van der Waals surface area contributed by atoms with Gasteiger partial charge in [0.2, 0.25) is 0 Å². The molecular formula is C26H29NO5. The number of hydrogen-bond acceptors (Lipinski definition) is 5. The Labute approximate surface area is 189 Å². The van der Waals surface area contributed by atoms with Crippen LogP contribution in [0.1, 0.15) is 34.0 Å². The van der Waals surface area contributed by atoms with Gasteiger partial charge in [-0.2, -0.15) is 0 Å². The zero-order valence-electron chi connectivity index (χ0n) is 19.2. The Balaban J connectivity index is 1.82. The Morgan fingerprint density at radius 1 is 0.812 bits per heavy atom. The van der Waals surface area contributed by atoms with Crippen LogP contribution in [0.2, 0.25) is 0 Å². The molecule has 3 aromatic rings. The average molecular weight is 436 g/mol. The van der Waals surface area contributed by atoms with Crippen molar-refractivity contribution in [3.05, 3.63) is 76.9 Å². The minimum atomic E-state index is -0.260. The van der Waals surface area contributed by atoms with E-state index in [4.69, 9.17) is 18.9 Å². The number of ether oxygens (including phenoxy) is 4. The monoisotopic (exact) mass is 435 g/mol. The van der Waals surface area contributed by atoms with E-state index in [-0.39, 0.29) is 12.5 Å². The van der Waals surface area contributed by atoms with Gasteiger partial charge in [-0.25, -0.2) is 0 Å². The summed E-state index contributed by atoms with van der Waals surface area (Å²) in [6.45, 7) is 6.79. The van der Waals surface area contributed by atoms with E-state index >= 15 is 0 Å². The molecule has 0 fully saturated rings. The van der Waals surface area contributed by atoms with Crippen molar-refractivity contribution in [2.24, 2.45) is 0 Å². The first kappa shape index (κ1) is 23.0. The second-order valence-electron chi connectivity index (χ2n) is 7.39. The Morgan fingerprint density at radius 3 is 2.22 bits per heavy atom. The predicted octanol–water partition coefficient (Wildman–Crippen LogP) is 5.55. The molecule has 168 valence electrons. The molecule has 1 amide bonds. The van der Waals surface area contributed by atoms with Crippen molar-refractivity contribution in [1.82, 2.24) is 0 Å². The summed E-state index contributed by atoms with van der Waals surface area (Å²) >= 11 is 0. The molecule has 0 bridgehead atoms. The number of methoxy groups -OCH3 is 2. The van der Waals surface area contributed by atoms with Gasteiger partial charge in [0, 0.05) is 17.2 Å². The van der Waals surface area contributed by atoms with Gasteiger partial charge in [0.05, 0.1) is 26.5 Å². The highest BCUT2D eigenvalue weighted by Gasteiger charge is 2.14. The largest absolute Gasteiger partial charge is 0.497 e. The molecule has 1 N–H and O–H groups in total. The molecule has 0 heterocycles. The lowest BCUT2D eigenvalue weighted by Gasteiger charge is -2.15. The lowest BCUT2D eigenvalue weighted by molar-refractivity contribution is 0.102. The third-order valence-electron chi connectivity index (χ3n) is 4.87. The summed E-state index contributed by atoms with van der Waals surface area (Å²) in [6.07, 6.45) is 0. The Kier molecular flexibility index (Phi) is 7.60. The van der Waals surface area contributed by atoms with Gasteiger partial charge in [0.25, 0.3) is 5.91 Å². The molecule has 0 aliphatic heterocycles. The fraction of sp³-hybridized carbons (Fsp3) is 0.269. The van der Waals surface area contributed by atoms with Crippen molar-refractivity contribution >= 4 is 11.6 Å². The number of hydrogen-bond donors (Lipinski definition) is 1. The third-order valence-corrected chi connectivity index (χ3v) is 4.87. The summed E-state index contributed by atoms with van der Waals surface area (Å²) in [6, 6.07) is 16.6. The van der Waals surface area contributed by atoms with Crippen LogP contribution in [0.15, 0.2) is 54.6 Å². The highest BCUT2D eigenvalue weighted by atomic mass is 16.5. The van der Waals surface area contributed by atoms with Gasteiger partial charge >= 0.3 is 0 Å². The van der Waals surface area contributed by atoms with Crippen molar-refractivity contribution in [3.8, 4) is 23.0 Å². The summed E-state index contributed by atoms with van der Waals surface area (Å²) in [7, 11) is 3.12. The molecule has 0 aromatic heterocycles. The second kappa shape index (κ2) is 10.6. The standard InChI is InChI=1S/C26H29NO5/c1-6-31-24-10-7-19(14-20(24)16-32-22-12-17(2)11-18(3)13-22)26(28)27-23-9-8-21(29-4)15-25(23)30-5/h7-15H,6,16H2,1-5H3,(H,27,28). The van der Waals surface area contributed by atoms with Crippen molar-refractivity contribution in [2.75, 3.05) is 26.1 Å². The van der Waals surface area contributed by atoms with E-state index < -0.39 is 0 Å². The Morgan fingerprint density at radius 2 is 1.56 bits per heavy atom. The Hall–Kier alpha value is -3.67. The average Bonchev–Trinajstić information content (AvgIpc) is 2.78. The number of benzene rings is 3. The number of carbonyl (C=O) groups is 1. The highest BCUT2D eigenvalue weighted by Crippen LogP contribution is 2.30. The minimum Gasteiger partial charge on any atom is -0.497 e. The van der Waals surface area contributed by atoms with E-state index in [9.17, 15) is 4.79 Å². The fourth-order valence-corrected chi connectivity index (χ4v) is 3.40. The quantitative estimate of drug-likeness (QED) is 0.477. The first-order valence-corrected chi connectivity index (χ1v) is 10.4. The molecule has 6 heteroatoms. The summed E-state index contributed by atoms with van der Waals surface area (Å²) in [4.78, 5) is 12.9. The zero-order chi connectivity index (χ0) is 23.1. The van der Waals surface area contributed by atoms with Crippen LogP contribution < -0.4 is 24.3 Å². The number of amides is 1. The maximum atomic E-state index is 12.9. The van der Waals surface area contributed by atoms with E-state index in [1.807, 2.05) is 32.9 Å². The summed E-state index contributed by atoms with van der Waals surface area (Å²) in [5, 5.41) is 2.90. The normalized spacial score (nSPS) is 10.4. The first-order valence-electron chi connectivity index (χ1n) is 10.4. The highest BCUT2D eigenvalue weighted by molar-refractivity contribution is 6.05. The molecule has 0 atom stereocenters. The van der Waals surface area contributed by atoms with Crippen molar-refractivity contribution in [2.45, 2.75) is 27.4 Å². The molecule has 0 spiro atoms. The van der Waals surface area contributed by atoms with Crippen LogP contribution in [0.25, 0.3) is 0 Å². The van der Waals surface area contributed by atoms with Gasteiger partial charge in [0.1, 0.15) is 29.6 Å². The van der Waals surface area contributed by atoms with Gasteiger partial charge < -0.3 is 24.3 Å². The molecule has 0 radical (unpaired) electrons. The lowest BCUT2D eigenvalue weighted by atomic mass is 10.1. The summed E-state index contributed by atoms with van der Waals surface area (Å²) < 4.78 is 22.3. The van der Waals surface area contributed by atoms with Crippen molar-refractivity contribution in [3.63, 3.8) is 0 Å². The van der Waals surface area contributed by atoms with Gasteiger partial charge in [-0.3, -0.25) is 4.79 Å². The van der Waals surface area contributed by atoms with Crippen LogP contribution in [-0.2, 0) is 6.61 Å². The van der Waals surface area contributed by atoms with Gasteiger partial charge in [-0.1, -0.05) is 6.07 Å². The number of carbonyl (C=O) groups excluding carboxylic acids is 1. The predicted molar refractivity (Wildman–Crippen MR) is 125 cm³/mol.